The SMILES string of the molecule is NC(=O)CCCCNC(=O)C(F)F. The average molecular weight is 194 g/mol. The molecule has 0 spiro atoms. The molecule has 0 atom stereocenters. The lowest BCUT2D eigenvalue weighted by atomic mass is 10.2. The zero-order valence-electron chi connectivity index (χ0n) is 7.06. The number of carbonyl (C=O) groups is 2. The molecule has 0 unspecified atom stereocenters. The van der Waals surface area contributed by atoms with Gasteiger partial charge in [0.05, 0.1) is 0 Å². The van der Waals surface area contributed by atoms with Gasteiger partial charge in [0.1, 0.15) is 0 Å². The topological polar surface area (TPSA) is 72.2 Å². The molecule has 0 rings (SSSR count). The molecular weight excluding hydrogens is 182 g/mol. The van der Waals surface area contributed by atoms with Crippen LogP contribution in [0.15, 0.2) is 0 Å². The van der Waals surface area contributed by atoms with E-state index in [4.69, 9.17) is 5.73 Å². The molecule has 3 N–H and O–H groups in total. The van der Waals surface area contributed by atoms with E-state index in [1.807, 2.05) is 5.32 Å². The maximum absolute atomic E-state index is 11.6. The van der Waals surface area contributed by atoms with Gasteiger partial charge < -0.3 is 11.1 Å². The lowest BCUT2D eigenvalue weighted by Crippen LogP contribution is -2.30. The highest BCUT2D eigenvalue weighted by molar-refractivity contribution is 5.79. The van der Waals surface area contributed by atoms with Gasteiger partial charge in [-0.1, -0.05) is 0 Å². The molecule has 0 aromatic rings. The van der Waals surface area contributed by atoms with Gasteiger partial charge in [0.25, 0.3) is 5.91 Å². The number of nitrogens with two attached hydrogens (primary N) is 1. The molecule has 2 amide bonds. The Hall–Kier alpha value is -1.20. The van der Waals surface area contributed by atoms with Crippen LogP contribution in [0.1, 0.15) is 19.3 Å². The standard InChI is InChI=1S/C7H12F2N2O2/c8-6(9)7(13)11-4-2-1-3-5(10)12/h6H,1-4H2,(H2,10,12)(H,11,13). The molecule has 0 aromatic heterocycles. The average Bonchev–Trinajstić information content (AvgIpc) is 2.02. The van der Waals surface area contributed by atoms with Crippen LogP contribution in [-0.2, 0) is 9.59 Å². The Bertz CT molecular complexity index is 185. The van der Waals surface area contributed by atoms with Crippen LogP contribution in [0.4, 0.5) is 8.78 Å². The van der Waals surface area contributed by atoms with Crippen molar-refractivity contribution in [1.82, 2.24) is 5.32 Å². The van der Waals surface area contributed by atoms with Gasteiger partial charge in [-0.25, -0.2) is 0 Å². The van der Waals surface area contributed by atoms with Gasteiger partial charge in [0.15, 0.2) is 0 Å². The molecule has 0 aliphatic heterocycles. The third-order valence-electron chi connectivity index (χ3n) is 1.35. The Morgan fingerprint density at radius 3 is 2.38 bits per heavy atom. The van der Waals surface area contributed by atoms with E-state index in [1.165, 1.54) is 0 Å². The fourth-order valence-corrected chi connectivity index (χ4v) is 0.713. The smallest absolute Gasteiger partial charge is 0.315 e. The number of nitrogens with one attached hydrogen (secondary N) is 1. The molecule has 4 nitrogen and oxygen atoms in total. The van der Waals surface area contributed by atoms with Crippen molar-refractivity contribution in [3.8, 4) is 0 Å². The Morgan fingerprint density at radius 2 is 1.92 bits per heavy atom. The lowest BCUT2D eigenvalue weighted by Gasteiger charge is -2.02. The number of halogens is 2. The highest BCUT2D eigenvalue weighted by atomic mass is 19.3. The van der Waals surface area contributed by atoms with E-state index in [9.17, 15) is 18.4 Å². The number of alkyl halides is 2. The minimum Gasteiger partial charge on any atom is -0.370 e. The molecule has 6 heteroatoms. The van der Waals surface area contributed by atoms with Gasteiger partial charge in [-0.05, 0) is 12.8 Å². The Kier molecular flexibility index (Phi) is 5.75. The van der Waals surface area contributed by atoms with Crippen LogP contribution >= 0.6 is 0 Å². The zero-order valence-corrected chi connectivity index (χ0v) is 7.06. The van der Waals surface area contributed by atoms with Crippen molar-refractivity contribution in [2.45, 2.75) is 25.7 Å². The van der Waals surface area contributed by atoms with Crippen molar-refractivity contribution in [2.75, 3.05) is 6.54 Å². The summed E-state index contributed by atoms with van der Waals surface area (Å²) in [5.41, 5.74) is 4.84. The second kappa shape index (κ2) is 6.33. The van der Waals surface area contributed by atoms with Crippen LogP contribution in [-0.4, -0.2) is 24.8 Å². The van der Waals surface area contributed by atoms with E-state index in [0.29, 0.717) is 12.8 Å². The second-order valence-corrected chi connectivity index (χ2v) is 2.52. The molecule has 0 saturated heterocycles. The van der Waals surface area contributed by atoms with E-state index in [-0.39, 0.29) is 13.0 Å². The fraction of sp³-hybridized carbons (Fsp3) is 0.714. The molecule has 0 bridgehead atoms. The van der Waals surface area contributed by atoms with Crippen molar-refractivity contribution >= 4 is 11.8 Å². The van der Waals surface area contributed by atoms with Gasteiger partial charge >= 0.3 is 6.43 Å². The van der Waals surface area contributed by atoms with E-state index >= 15 is 0 Å². The summed E-state index contributed by atoms with van der Waals surface area (Å²) in [4.78, 5) is 20.5. The minimum absolute atomic E-state index is 0.149. The Morgan fingerprint density at radius 1 is 1.31 bits per heavy atom. The van der Waals surface area contributed by atoms with Gasteiger partial charge in [0, 0.05) is 13.0 Å². The summed E-state index contributed by atoms with van der Waals surface area (Å²) in [6.45, 7) is 0.149. The molecule has 0 radical (unpaired) electrons. The summed E-state index contributed by atoms with van der Waals surface area (Å²) < 4.78 is 23.2. The fourth-order valence-electron chi connectivity index (χ4n) is 0.713. The molecule has 0 aromatic carbocycles. The molecule has 13 heavy (non-hydrogen) atoms. The lowest BCUT2D eigenvalue weighted by molar-refractivity contribution is -0.131. The number of primary amides is 1. The van der Waals surface area contributed by atoms with Crippen molar-refractivity contribution in [3.63, 3.8) is 0 Å². The quantitative estimate of drug-likeness (QED) is 0.585. The number of amides is 2. The summed E-state index contributed by atoms with van der Waals surface area (Å²) in [6, 6.07) is 0. The predicted octanol–water partition coefficient (Wildman–Crippen LogP) is 0.0233. The summed E-state index contributed by atoms with van der Waals surface area (Å²) >= 11 is 0. The largest absolute Gasteiger partial charge is 0.370 e. The van der Waals surface area contributed by atoms with Gasteiger partial charge in [-0.3, -0.25) is 9.59 Å². The van der Waals surface area contributed by atoms with E-state index in [2.05, 4.69) is 0 Å². The number of carbonyl (C=O) groups excluding carboxylic acids is 2. The van der Waals surface area contributed by atoms with Crippen LogP contribution in [0, 0.1) is 0 Å². The first-order valence-corrected chi connectivity index (χ1v) is 3.88. The third-order valence-corrected chi connectivity index (χ3v) is 1.35. The van der Waals surface area contributed by atoms with Crippen LogP contribution < -0.4 is 11.1 Å². The minimum atomic E-state index is -2.98. The molecule has 76 valence electrons. The first-order valence-electron chi connectivity index (χ1n) is 3.88. The molecule has 0 aliphatic rings. The van der Waals surface area contributed by atoms with E-state index in [1.54, 1.807) is 0 Å². The predicted molar refractivity (Wildman–Crippen MR) is 42.1 cm³/mol. The van der Waals surface area contributed by atoms with Crippen LogP contribution in [0.3, 0.4) is 0 Å². The maximum atomic E-state index is 11.6. The highest BCUT2D eigenvalue weighted by Crippen LogP contribution is 1.94. The van der Waals surface area contributed by atoms with Crippen molar-refractivity contribution in [2.24, 2.45) is 5.73 Å². The van der Waals surface area contributed by atoms with Crippen molar-refractivity contribution in [3.05, 3.63) is 0 Å². The molecule has 0 saturated carbocycles. The zero-order chi connectivity index (χ0) is 10.3. The molecular formula is C7H12F2N2O2. The first kappa shape index (κ1) is 11.8. The van der Waals surface area contributed by atoms with Crippen LogP contribution in [0.5, 0.6) is 0 Å². The molecule has 0 heterocycles. The summed E-state index contributed by atoms with van der Waals surface area (Å²) in [7, 11) is 0. The number of hydrogen-bond donors (Lipinski definition) is 2. The monoisotopic (exact) mass is 194 g/mol. The Labute approximate surface area is 74.5 Å². The normalized spacial score (nSPS) is 10.1. The van der Waals surface area contributed by atoms with Crippen LogP contribution in [0.25, 0.3) is 0 Å². The number of unbranched alkanes of at least 4 members (excludes halogenated alkanes) is 1. The van der Waals surface area contributed by atoms with Crippen LogP contribution in [0.2, 0.25) is 0 Å². The van der Waals surface area contributed by atoms with Gasteiger partial charge in [-0.2, -0.15) is 8.78 Å². The first-order chi connectivity index (χ1) is 6.04. The Balaban J connectivity index is 3.26. The van der Waals surface area contributed by atoms with Gasteiger partial charge in [-0.15, -0.1) is 0 Å². The molecule has 0 aliphatic carbocycles. The van der Waals surface area contributed by atoms with Crippen molar-refractivity contribution in [1.29, 1.82) is 0 Å². The van der Waals surface area contributed by atoms with Gasteiger partial charge in [0.2, 0.25) is 5.91 Å². The summed E-state index contributed by atoms with van der Waals surface area (Å²) in [6.07, 6.45) is -1.79. The third kappa shape index (κ3) is 7.17. The van der Waals surface area contributed by atoms with E-state index < -0.39 is 18.2 Å². The number of rotatable bonds is 6. The summed E-state index contributed by atoms with van der Waals surface area (Å²) in [5, 5.41) is 2.01. The summed E-state index contributed by atoms with van der Waals surface area (Å²) in [5.74, 6) is -1.71. The highest BCUT2D eigenvalue weighted by Gasteiger charge is 2.13. The van der Waals surface area contributed by atoms with E-state index in [0.717, 1.165) is 0 Å². The second-order valence-electron chi connectivity index (χ2n) is 2.52. The molecule has 0 fully saturated rings. The van der Waals surface area contributed by atoms with Crippen molar-refractivity contribution < 1.29 is 18.4 Å². The number of hydrogen-bond acceptors (Lipinski definition) is 2. The maximum Gasteiger partial charge on any atom is 0.315 e.